The molecule has 0 aliphatic rings. The molecule has 0 saturated carbocycles. The third-order valence-electron chi connectivity index (χ3n) is 2.79. The molecule has 0 aromatic heterocycles. The zero-order valence-electron chi connectivity index (χ0n) is 11.5. The minimum atomic E-state index is -3.83. The fourth-order valence-electron chi connectivity index (χ4n) is 1.68. The molecule has 21 heavy (non-hydrogen) atoms. The Balaban J connectivity index is 2.08. The van der Waals surface area contributed by atoms with Gasteiger partial charge in [0.15, 0.2) is 0 Å². The van der Waals surface area contributed by atoms with Gasteiger partial charge in [-0.25, -0.2) is 13.1 Å². The first-order chi connectivity index (χ1) is 9.97. The highest BCUT2D eigenvalue weighted by atomic mass is 32.2. The number of carbonyl (C=O) groups is 1. The van der Waals surface area contributed by atoms with Crippen molar-refractivity contribution in [3.63, 3.8) is 0 Å². The van der Waals surface area contributed by atoms with Crippen LogP contribution in [0, 0.1) is 6.92 Å². The minimum Gasteiger partial charge on any atom is -0.269 e. The van der Waals surface area contributed by atoms with Crippen LogP contribution >= 0.6 is 0 Å². The molecule has 0 aliphatic heterocycles. The van der Waals surface area contributed by atoms with Gasteiger partial charge in [0.2, 0.25) is 0 Å². The zero-order valence-corrected chi connectivity index (χ0v) is 12.3. The van der Waals surface area contributed by atoms with E-state index < -0.39 is 15.9 Å². The zero-order chi connectivity index (χ0) is 15.3. The van der Waals surface area contributed by atoms with Gasteiger partial charge in [-0.1, -0.05) is 48.0 Å². The van der Waals surface area contributed by atoms with Crippen LogP contribution in [0.25, 0.3) is 6.08 Å². The van der Waals surface area contributed by atoms with Gasteiger partial charge in [-0.2, -0.15) is 0 Å². The Bertz CT molecular complexity index is 748. The fraction of sp³-hybridized carbons (Fsp3) is 0.0625. The van der Waals surface area contributed by atoms with Gasteiger partial charge in [0.25, 0.3) is 15.9 Å². The van der Waals surface area contributed by atoms with Gasteiger partial charge in [0.1, 0.15) is 0 Å². The van der Waals surface area contributed by atoms with Crippen LogP contribution in [0.2, 0.25) is 0 Å². The van der Waals surface area contributed by atoms with E-state index in [1.807, 2.05) is 42.0 Å². The number of hydrogen-bond acceptors (Lipinski definition) is 3. The van der Waals surface area contributed by atoms with E-state index in [2.05, 4.69) is 0 Å². The molecule has 0 aliphatic carbocycles. The van der Waals surface area contributed by atoms with E-state index in [1.54, 1.807) is 18.2 Å². The van der Waals surface area contributed by atoms with Gasteiger partial charge in [-0.3, -0.25) is 4.79 Å². The van der Waals surface area contributed by atoms with E-state index in [9.17, 15) is 13.2 Å². The summed E-state index contributed by atoms with van der Waals surface area (Å²) in [5.41, 5.74) is 1.77. The Morgan fingerprint density at radius 1 is 1.00 bits per heavy atom. The molecule has 2 aromatic carbocycles. The van der Waals surface area contributed by atoms with Crippen molar-refractivity contribution >= 4 is 22.0 Å². The number of sulfonamides is 1. The van der Waals surface area contributed by atoms with Gasteiger partial charge >= 0.3 is 0 Å². The van der Waals surface area contributed by atoms with Crippen LogP contribution in [0.3, 0.4) is 0 Å². The second-order valence-corrected chi connectivity index (χ2v) is 6.21. The molecule has 0 unspecified atom stereocenters. The number of carbonyl (C=O) groups excluding carboxylic acids is 1. The molecule has 5 heteroatoms. The predicted molar refractivity (Wildman–Crippen MR) is 82.0 cm³/mol. The summed E-state index contributed by atoms with van der Waals surface area (Å²) in [5, 5.41) is 0. The average molecular weight is 301 g/mol. The third kappa shape index (κ3) is 4.29. The van der Waals surface area contributed by atoms with Crippen molar-refractivity contribution in [2.75, 3.05) is 0 Å². The van der Waals surface area contributed by atoms with Crippen molar-refractivity contribution in [1.82, 2.24) is 4.72 Å². The smallest absolute Gasteiger partial charge is 0.264 e. The van der Waals surface area contributed by atoms with E-state index >= 15 is 0 Å². The number of aryl methyl sites for hydroxylation is 1. The molecule has 2 aromatic rings. The van der Waals surface area contributed by atoms with Crippen molar-refractivity contribution in [1.29, 1.82) is 0 Å². The molecule has 0 saturated heterocycles. The quantitative estimate of drug-likeness (QED) is 0.883. The maximum Gasteiger partial charge on any atom is 0.264 e. The topological polar surface area (TPSA) is 63.2 Å². The summed E-state index contributed by atoms with van der Waals surface area (Å²) in [6.45, 7) is 1.86. The summed E-state index contributed by atoms with van der Waals surface area (Å²) in [6.07, 6.45) is 2.75. The van der Waals surface area contributed by atoms with E-state index in [-0.39, 0.29) is 4.90 Å². The Morgan fingerprint density at radius 3 is 2.24 bits per heavy atom. The first-order valence-corrected chi connectivity index (χ1v) is 7.82. The van der Waals surface area contributed by atoms with Gasteiger partial charge in [-0.15, -0.1) is 0 Å². The highest BCUT2D eigenvalue weighted by Crippen LogP contribution is 2.10. The van der Waals surface area contributed by atoms with Crippen LogP contribution in [0.5, 0.6) is 0 Å². The Hall–Kier alpha value is -2.40. The lowest BCUT2D eigenvalue weighted by Crippen LogP contribution is -2.28. The first-order valence-electron chi connectivity index (χ1n) is 6.34. The predicted octanol–water partition coefficient (Wildman–Crippen LogP) is 2.51. The standard InChI is InChI=1S/C16H15NO3S/c1-13-7-10-15(11-8-13)21(19,20)17-16(18)12-9-14-5-3-2-4-6-14/h2-12H,1H3,(H,17,18)/b12-9+. The maximum absolute atomic E-state index is 12.0. The number of rotatable bonds is 4. The largest absolute Gasteiger partial charge is 0.269 e. The number of amides is 1. The summed E-state index contributed by atoms with van der Waals surface area (Å²) in [5.74, 6) is -0.681. The molecule has 2 rings (SSSR count). The number of benzene rings is 2. The second kappa shape index (κ2) is 6.37. The monoisotopic (exact) mass is 301 g/mol. The van der Waals surface area contributed by atoms with E-state index in [1.165, 1.54) is 18.2 Å². The molecular formula is C16H15NO3S. The van der Waals surface area contributed by atoms with Crippen molar-refractivity contribution in [2.45, 2.75) is 11.8 Å². The van der Waals surface area contributed by atoms with Gasteiger partial charge in [0.05, 0.1) is 4.90 Å². The molecule has 0 spiro atoms. The Morgan fingerprint density at radius 2 is 1.62 bits per heavy atom. The lowest BCUT2D eigenvalue weighted by molar-refractivity contribution is -0.114. The molecule has 0 atom stereocenters. The molecule has 0 heterocycles. The summed E-state index contributed by atoms with van der Waals surface area (Å²) in [6, 6.07) is 15.5. The first kappa shape index (κ1) is 15.0. The Kier molecular flexibility index (Phi) is 4.55. The Labute approximate surface area is 124 Å². The number of nitrogens with one attached hydrogen (secondary N) is 1. The van der Waals surface area contributed by atoms with Crippen LogP contribution in [0.1, 0.15) is 11.1 Å². The van der Waals surface area contributed by atoms with E-state index in [4.69, 9.17) is 0 Å². The average Bonchev–Trinajstić information content (AvgIpc) is 2.46. The van der Waals surface area contributed by atoms with E-state index in [0.717, 1.165) is 11.1 Å². The van der Waals surface area contributed by atoms with Crippen molar-refractivity contribution < 1.29 is 13.2 Å². The van der Waals surface area contributed by atoms with Crippen molar-refractivity contribution in [2.24, 2.45) is 0 Å². The normalized spacial score (nSPS) is 11.5. The maximum atomic E-state index is 12.0. The third-order valence-corrected chi connectivity index (χ3v) is 4.16. The lowest BCUT2D eigenvalue weighted by atomic mass is 10.2. The fourth-order valence-corrected chi connectivity index (χ4v) is 2.62. The highest BCUT2D eigenvalue weighted by molar-refractivity contribution is 7.90. The van der Waals surface area contributed by atoms with Gasteiger partial charge in [0, 0.05) is 6.08 Å². The van der Waals surface area contributed by atoms with Gasteiger partial charge < -0.3 is 0 Å². The molecule has 1 amide bonds. The van der Waals surface area contributed by atoms with Crippen molar-refractivity contribution in [3.05, 3.63) is 71.8 Å². The molecular weight excluding hydrogens is 286 g/mol. The van der Waals surface area contributed by atoms with Crippen LogP contribution in [0.4, 0.5) is 0 Å². The van der Waals surface area contributed by atoms with Crippen LogP contribution in [-0.2, 0) is 14.8 Å². The molecule has 0 radical (unpaired) electrons. The SMILES string of the molecule is Cc1ccc(S(=O)(=O)NC(=O)/C=C/c2ccccc2)cc1. The summed E-state index contributed by atoms with van der Waals surface area (Å²) in [4.78, 5) is 11.8. The summed E-state index contributed by atoms with van der Waals surface area (Å²) < 4.78 is 26.0. The molecule has 0 bridgehead atoms. The lowest BCUT2D eigenvalue weighted by Gasteiger charge is -2.05. The highest BCUT2D eigenvalue weighted by Gasteiger charge is 2.15. The van der Waals surface area contributed by atoms with Crippen LogP contribution in [-0.4, -0.2) is 14.3 Å². The van der Waals surface area contributed by atoms with Crippen molar-refractivity contribution in [3.8, 4) is 0 Å². The molecule has 108 valence electrons. The molecule has 1 N–H and O–H groups in total. The molecule has 0 fully saturated rings. The van der Waals surface area contributed by atoms with Gasteiger partial charge in [-0.05, 0) is 30.7 Å². The van der Waals surface area contributed by atoms with E-state index in [0.29, 0.717) is 0 Å². The molecule has 4 nitrogen and oxygen atoms in total. The summed E-state index contributed by atoms with van der Waals surface area (Å²) >= 11 is 0. The second-order valence-electron chi connectivity index (χ2n) is 4.53. The van der Waals surface area contributed by atoms with Crippen LogP contribution in [0.15, 0.2) is 65.6 Å². The number of hydrogen-bond donors (Lipinski definition) is 1. The minimum absolute atomic E-state index is 0.0644. The van der Waals surface area contributed by atoms with Crippen LogP contribution < -0.4 is 4.72 Å². The summed E-state index contributed by atoms with van der Waals surface area (Å²) in [7, 11) is -3.83.